The molecule has 1 atom stereocenters. The van der Waals surface area contributed by atoms with Crippen molar-refractivity contribution in [3.05, 3.63) is 18.0 Å². The molecule has 4 heteroatoms. The standard InChI is InChI=1S/C17H34N4/c1-8-17(9-2,20(6)7)16(18-10-3)13-15-11-12-21(19-15)14(4)5/h11-12,14,16,18H,8-10,13H2,1-7H3. The van der Waals surface area contributed by atoms with Crippen molar-refractivity contribution < 1.29 is 0 Å². The van der Waals surface area contributed by atoms with Crippen LogP contribution in [0.1, 0.15) is 59.2 Å². The van der Waals surface area contributed by atoms with Gasteiger partial charge in [0.1, 0.15) is 0 Å². The Morgan fingerprint density at radius 2 is 1.86 bits per heavy atom. The number of hydrogen-bond acceptors (Lipinski definition) is 3. The first kappa shape index (κ1) is 18.2. The predicted octanol–water partition coefficient (Wildman–Crippen LogP) is 3.11. The van der Waals surface area contributed by atoms with Crippen LogP contribution in [0.25, 0.3) is 0 Å². The van der Waals surface area contributed by atoms with Gasteiger partial charge < -0.3 is 10.2 Å². The minimum Gasteiger partial charge on any atom is -0.312 e. The highest BCUT2D eigenvalue weighted by Crippen LogP contribution is 2.28. The summed E-state index contributed by atoms with van der Waals surface area (Å²) in [6.45, 7) is 12.1. The Hall–Kier alpha value is -0.870. The molecule has 0 fully saturated rings. The number of likely N-dealkylation sites (N-methyl/N-ethyl adjacent to an activating group) is 2. The van der Waals surface area contributed by atoms with Gasteiger partial charge in [-0.25, -0.2) is 0 Å². The molecule has 1 rings (SSSR count). The van der Waals surface area contributed by atoms with E-state index in [1.807, 2.05) is 4.68 Å². The quantitative estimate of drug-likeness (QED) is 0.759. The van der Waals surface area contributed by atoms with Gasteiger partial charge in [0.15, 0.2) is 0 Å². The Balaban J connectivity index is 2.98. The van der Waals surface area contributed by atoms with Gasteiger partial charge in [0.2, 0.25) is 0 Å². The van der Waals surface area contributed by atoms with Crippen molar-refractivity contribution in [2.24, 2.45) is 0 Å². The molecule has 0 spiro atoms. The van der Waals surface area contributed by atoms with Crippen LogP contribution in [0.2, 0.25) is 0 Å². The molecule has 0 radical (unpaired) electrons. The lowest BCUT2D eigenvalue weighted by atomic mass is 9.81. The van der Waals surface area contributed by atoms with Crippen LogP contribution >= 0.6 is 0 Å². The van der Waals surface area contributed by atoms with Gasteiger partial charge in [0.05, 0.1) is 5.69 Å². The zero-order valence-corrected chi connectivity index (χ0v) is 15.0. The molecule has 0 aliphatic carbocycles. The van der Waals surface area contributed by atoms with Gasteiger partial charge in [0, 0.05) is 30.2 Å². The Morgan fingerprint density at radius 3 is 2.24 bits per heavy atom. The van der Waals surface area contributed by atoms with Crippen molar-refractivity contribution >= 4 is 0 Å². The zero-order valence-electron chi connectivity index (χ0n) is 15.0. The van der Waals surface area contributed by atoms with Gasteiger partial charge in [-0.1, -0.05) is 20.8 Å². The SMILES string of the molecule is CCNC(Cc1ccn(C(C)C)n1)C(CC)(CC)N(C)C. The minimum absolute atomic E-state index is 0.178. The van der Waals surface area contributed by atoms with Gasteiger partial charge in [0.25, 0.3) is 0 Å². The van der Waals surface area contributed by atoms with E-state index in [-0.39, 0.29) is 5.54 Å². The summed E-state index contributed by atoms with van der Waals surface area (Å²) in [6.07, 6.45) is 5.35. The van der Waals surface area contributed by atoms with Crippen molar-refractivity contribution in [3.63, 3.8) is 0 Å². The molecule has 4 nitrogen and oxygen atoms in total. The normalized spacial score (nSPS) is 14.1. The predicted molar refractivity (Wildman–Crippen MR) is 90.8 cm³/mol. The monoisotopic (exact) mass is 294 g/mol. The highest BCUT2D eigenvalue weighted by molar-refractivity contribution is 5.08. The molecule has 0 aromatic carbocycles. The highest BCUT2D eigenvalue weighted by Gasteiger charge is 2.37. The van der Waals surface area contributed by atoms with Gasteiger partial charge in [-0.05, 0) is 53.4 Å². The molecule has 1 aromatic heterocycles. The molecule has 122 valence electrons. The molecule has 1 unspecified atom stereocenters. The molecule has 0 saturated carbocycles. The second-order valence-electron chi connectivity index (χ2n) is 6.40. The molecule has 0 aliphatic heterocycles. The first-order chi connectivity index (χ1) is 9.91. The van der Waals surface area contributed by atoms with E-state index < -0.39 is 0 Å². The van der Waals surface area contributed by atoms with Crippen LogP contribution in [-0.4, -0.2) is 46.9 Å². The van der Waals surface area contributed by atoms with E-state index in [0.717, 1.165) is 25.8 Å². The van der Waals surface area contributed by atoms with E-state index in [1.54, 1.807) is 0 Å². The van der Waals surface area contributed by atoms with Gasteiger partial charge in [-0.2, -0.15) is 5.10 Å². The topological polar surface area (TPSA) is 33.1 Å². The Bertz CT molecular complexity index is 405. The van der Waals surface area contributed by atoms with Crippen molar-refractivity contribution in [1.29, 1.82) is 0 Å². The lowest BCUT2D eigenvalue weighted by Gasteiger charge is -2.45. The Morgan fingerprint density at radius 1 is 1.24 bits per heavy atom. The molecule has 1 heterocycles. The smallest absolute Gasteiger partial charge is 0.0640 e. The number of rotatable bonds is 9. The number of aromatic nitrogens is 2. The maximum atomic E-state index is 4.73. The van der Waals surface area contributed by atoms with Crippen LogP contribution in [0.4, 0.5) is 0 Å². The summed E-state index contributed by atoms with van der Waals surface area (Å²) >= 11 is 0. The van der Waals surface area contributed by atoms with E-state index in [4.69, 9.17) is 5.10 Å². The van der Waals surface area contributed by atoms with Crippen molar-refractivity contribution in [2.45, 2.75) is 71.5 Å². The van der Waals surface area contributed by atoms with Crippen molar-refractivity contribution in [2.75, 3.05) is 20.6 Å². The number of nitrogens with zero attached hydrogens (tertiary/aromatic N) is 3. The maximum absolute atomic E-state index is 4.73. The highest BCUT2D eigenvalue weighted by atomic mass is 15.3. The fourth-order valence-corrected chi connectivity index (χ4v) is 3.37. The summed E-state index contributed by atoms with van der Waals surface area (Å²) in [5.74, 6) is 0. The second-order valence-corrected chi connectivity index (χ2v) is 6.40. The summed E-state index contributed by atoms with van der Waals surface area (Å²) in [7, 11) is 4.40. The van der Waals surface area contributed by atoms with Gasteiger partial charge in [-0.3, -0.25) is 4.68 Å². The summed E-state index contributed by atoms with van der Waals surface area (Å²) in [6, 6.07) is 3.01. The fourth-order valence-electron chi connectivity index (χ4n) is 3.37. The third-order valence-corrected chi connectivity index (χ3v) is 4.82. The molecule has 0 bridgehead atoms. The molecule has 0 aliphatic rings. The largest absolute Gasteiger partial charge is 0.312 e. The van der Waals surface area contributed by atoms with Gasteiger partial charge >= 0.3 is 0 Å². The van der Waals surface area contributed by atoms with Crippen molar-refractivity contribution in [1.82, 2.24) is 20.0 Å². The molecule has 0 saturated heterocycles. The molecule has 1 aromatic rings. The van der Waals surface area contributed by atoms with Gasteiger partial charge in [-0.15, -0.1) is 0 Å². The average Bonchev–Trinajstić information content (AvgIpc) is 2.89. The fraction of sp³-hybridized carbons (Fsp3) is 0.824. The molecule has 0 amide bonds. The lowest BCUT2D eigenvalue weighted by Crippen LogP contribution is -2.59. The lowest BCUT2D eigenvalue weighted by molar-refractivity contribution is 0.0884. The average molecular weight is 294 g/mol. The molecule has 1 N–H and O–H groups in total. The van der Waals surface area contributed by atoms with Crippen LogP contribution in [0.5, 0.6) is 0 Å². The van der Waals surface area contributed by atoms with E-state index in [1.165, 1.54) is 5.69 Å². The molecular weight excluding hydrogens is 260 g/mol. The van der Waals surface area contributed by atoms with E-state index in [9.17, 15) is 0 Å². The van der Waals surface area contributed by atoms with E-state index in [2.05, 4.69) is 71.2 Å². The van der Waals surface area contributed by atoms with Crippen LogP contribution in [0.3, 0.4) is 0 Å². The second kappa shape index (κ2) is 7.95. The number of hydrogen-bond donors (Lipinski definition) is 1. The first-order valence-electron chi connectivity index (χ1n) is 8.36. The molecular formula is C17H34N4. The summed E-state index contributed by atoms with van der Waals surface area (Å²) in [5, 5.41) is 8.43. The summed E-state index contributed by atoms with van der Waals surface area (Å²) < 4.78 is 2.05. The molecule has 21 heavy (non-hydrogen) atoms. The summed E-state index contributed by atoms with van der Waals surface area (Å²) in [5.41, 5.74) is 1.36. The third-order valence-electron chi connectivity index (χ3n) is 4.82. The Labute approximate surface area is 130 Å². The van der Waals surface area contributed by atoms with E-state index in [0.29, 0.717) is 12.1 Å². The first-order valence-corrected chi connectivity index (χ1v) is 8.36. The van der Waals surface area contributed by atoms with Crippen LogP contribution in [0.15, 0.2) is 12.3 Å². The van der Waals surface area contributed by atoms with Crippen molar-refractivity contribution in [3.8, 4) is 0 Å². The van der Waals surface area contributed by atoms with Crippen LogP contribution in [-0.2, 0) is 6.42 Å². The Kier molecular flexibility index (Phi) is 6.88. The van der Waals surface area contributed by atoms with Crippen LogP contribution in [0, 0.1) is 0 Å². The maximum Gasteiger partial charge on any atom is 0.0640 e. The summed E-state index contributed by atoms with van der Waals surface area (Å²) in [4.78, 5) is 2.39. The van der Waals surface area contributed by atoms with E-state index >= 15 is 0 Å². The number of nitrogens with one attached hydrogen (secondary N) is 1. The third kappa shape index (κ3) is 4.07. The van der Waals surface area contributed by atoms with Crippen LogP contribution < -0.4 is 5.32 Å². The minimum atomic E-state index is 0.178. The zero-order chi connectivity index (χ0) is 16.0.